The highest BCUT2D eigenvalue weighted by Crippen LogP contribution is 2.24. The standard InChI is InChI=1S/C16H11ClFNO/c17-14-4-2-5-15(18)13(14)9-19-8-7-12-11(10-20)3-1-6-16(12)19/h1-8,10H,9H2. The molecule has 0 amide bonds. The van der Waals surface area contributed by atoms with Gasteiger partial charge in [0.2, 0.25) is 0 Å². The quantitative estimate of drug-likeness (QED) is 0.659. The first-order valence-corrected chi connectivity index (χ1v) is 6.54. The summed E-state index contributed by atoms with van der Waals surface area (Å²) in [6.45, 7) is 0.331. The molecule has 2 nitrogen and oxygen atoms in total. The van der Waals surface area contributed by atoms with Crippen LogP contribution in [0.2, 0.25) is 5.02 Å². The summed E-state index contributed by atoms with van der Waals surface area (Å²) in [5.74, 6) is -0.328. The molecular formula is C16H11ClFNO. The molecule has 100 valence electrons. The van der Waals surface area contributed by atoms with E-state index in [4.69, 9.17) is 11.6 Å². The molecule has 20 heavy (non-hydrogen) atoms. The van der Waals surface area contributed by atoms with E-state index in [0.29, 0.717) is 22.7 Å². The lowest BCUT2D eigenvalue weighted by Gasteiger charge is -2.09. The molecule has 3 rings (SSSR count). The lowest BCUT2D eigenvalue weighted by Crippen LogP contribution is -2.01. The first-order chi connectivity index (χ1) is 9.70. The first-order valence-electron chi connectivity index (χ1n) is 6.16. The monoisotopic (exact) mass is 287 g/mol. The van der Waals surface area contributed by atoms with Crippen LogP contribution in [0.3, 0.4) is 0 Å². The molecule has 0 spiro atoms. The Bertz CT molecular complexity index is 774. The van der Waals surface area contributed by atoms with Gasteiger partial charge in [0.1, 0.15) is 5.82 Å². The zero-order valence-electron chi connectivity index (χ0n) is 10.5. The number of hydrogen-bond donors (Lipinski definition) is 0. The van der Waals surface area contributed by atoms with Crippen molar-refractivity contribution in [3.05, 3.63) is 70.6 Å². The van der Waals surface area contributed by atoms with Gasteiger partial charge < -0.3 is 4.57 Å². The average Bonchev–Trinajstić information content (AvgIpc) is 2.86. The van der Waals surface area contributed by atoms with E-state index in [0.717, 1.165) is 17.2 Å². The van der Waals surface area contributed by atoms with Crippen LogP contribution in [0.1, 0.15) is 15.9 Å². The van der Waals surface area contributed by atoms with Crippen molar-refractivity contribution in [2.24, 2.45) is 0 Å². The number of halogens is 2. The Morgan fingerprint density at radius 3 is 2.70 bits per heavy atom. The van der Waals surface area contributed by atoms with Crippen molar-refractivity contribution >= 4 is 28.8 Å². The maximum atomic E-state index is 13.8. The van der Waals surface area contributed by atoms with E-state index in [2.05, 4.69) is 0 Å². The van der Waals surface area contributed by atoms with Crippen LogP contribution in [0.25, 0.3) is 10.9 Å². The van der Waals surface area contributed by atoms with Gasteiger partial charge in [-0.25, -0.2) is 4.39 Å². The number of aromatic nitrogens is 1. The molecule has 0 saturated heterocycles. The van der Waals surface area contributed by atoms with Crippen molar-refractivity contribution in [1.29, 1.82) is 0 Å². The van der Waals surface area contributed by atoms with Crippen LogP contribution in [0, 0.1) is 5.82 Å². The van der Waals surface area contributed by atoms with Crippen molar-refractivity contribution in [3.63, 3.8) is 0 Å². The highest BCUT2D eigenvalue weighted by molar-refractivity contribution is 6.31. The van der Waals surface area contributed by atoms with Crippen molar-refractivity contribution in [2.75, 3.05) is 0 Å². The van der Waals surface area contributed by atoms with E-state index >= 15 is 0 Å². The number of carbonyl (C=O) groups excluding carboxylic acids is 1. The second-order valence-electron chi connectivity index (χ2n) is 4.54. The highest BCUT2D eigenvalue weighted by Gasteiger charge is 2.10. The summed E-state index contributed by atoms with van der Waals surface area (Å²) in [4.78, 5) is 11.0. The predicted octanol–water partition coefficient (Wildman–Crippen LogP) is 4.29. The van der Waals surface area contributed by atoms with E-state index in [9.17, 15) is 9.18 Å². The third-order valence-corrected chi connectivity index (χ3v) is 3.72. The van der Waals surface area contributed by atoms with Gasteiger partial charge in [0.15, 0.2) is 6.29 Å². The van der Waals surface area contributed by atoms with Gasteiger partial charge in [-0.1, -0.05) is 29.8 Å². The van der Waals surface area contributed by atoms with Gasteiger partial charge >= 0.3 is 0 Å². The van der Waals surface area contributed by atoms with Crippen molar-refractivity contribution in [1.82, 2.24) is 4.57 Å². The van der Waals surface area contributed by atoms with Gasteiger partial charge in [0.05, 0.1) is 6.54 Å². The molecule has 0 aliphatic carbocycles. The second kappa shape index (κ2) is 5.10. The Morgan fingerprint density at radius 2 is 1.95 bits per heavy atom. The SMILES string of the molecule is O=Cc1cccc2c1ccn2Cc1c(F)cccc1Cl. The minimum absolute atomic E-state index is 0.328. The van der Waals surface area contributed by atoms with Crippen LogP contribution in [-0.2, 0) is 6.54 Å². The fraction of sp³-hybridized carbons (Fsp3) is 0.0625. The van der Waals surface area contributed by atoms with E-state index in [1.807, 2.05) is 29.0 Å². The largest absolute Gasteiger partial charge is 0.343 e. The maximum Gasteiger partial charge on any atom is 0.150 e. The molecular weight excluding hydrogens is 277 g/mol. The highest BCUT2D eigenvalue weighted by atomic mass is 35.5. The van der Waals surface area contributed by atoms with Gasteiger partial charge in [0, 0.05) is 33.2 Å². The van der Waals surface area contributed by atoms with Gasteiger partial charge in [-0.3, -0.25) is 4.79 Å². The topological polar surface area (TPSA) is 22.0 Å². The van der Waals surface area contributed by atoms with Crippen molar-refractivity contribution in [2.45, 2.75) is 6.54 Å². The Labute approximate surface area is 120 Å². The molecule has 3 aromatic rings. The fourth-order valence-corrected chi connectivity index (χ4v) is 2.56. The van der Waals surface area contributed by atoms with E-state index < -0.39 is 0 Å². The van der Waals surface area contributed by atoms with E-state index in [1.54, 1.807) is 18.2 Å². The van der Waals surface area contributed by atoms with Gasteiger partial charge in [0.25, 0.3) is 0 Å². The van der Waals surface area contributed by atoms with Gasteiger partial charge in [-0.05, 0) is 24.3 Å². The maximum absolute atomic E-state index is 13.8. The number of benzene rings is 2. The van der Waals surface area contributed by atoms with Crippen LogP contribution in [-0.4, -0.2) is 10.9 Å². The summed E-state index contributed by atoms with van der Waals surface area (Å²) >= 11 is 6.05. The summed E-state index contributed by atoms with van der Waals surface area (Å²) in [5.41, 5.74) is 1.96. The second-order valence-corrected chi connectivity index (χ2v) is 4.95. The Kier molecular flexibility index (Phi) is 3.28. The molecule has 0 fully saturated rings. The normalized spacial score (nSPS) is 10.9. The van der Waals surface area contributed by atoms with Crippen LogP contribution in [0.15, 0.2) is 48.7 Å². The minimum atomic E-state index is -0.328. The van der Waals surface area contributed by atoms with Crippen molar-refractivity contribution < 1.29 is 9.18 Å². The summed E-state index contributed by atoms with van der Waals surface area (Å²) < 4.78 is 15.7. The molecule has 1 aromatic heterocycles. The third kappa shape index (κ3) is 2.10. The summed E-state index contributed by atoms with van der Waals surface area (Å²) in [5, 5.41) is 1.26. The summed E-state index contributed by atoms with van der Waals surface area (Å²) in [7, 11) is 0. The Hall–Kier alpha value is -2.13. The number of hydrogen-bond acceptors (Lipinski definition) is 1. The van der Waals surface area contributed by atoms with Crippen molar-refractivity contribution in [3.8, 4) is 0 Å². The number of rotatable bonds is 3. The first kappa shape index (κ1) is 12.9. The average molecular weight is 288 g/mol. The van der Waals surface area contributed by atoms with Crippen LogP contribution in [0.5, 0.6) is 0 Å². The fourth-order valence-electron chi connectivity index (χ4n) is 2.34. The molecule has 0 aliphatic rings. The molecule has 2 aromatic carbocycles. The number of carbonyl (C=O) groups is 1. The zero-order valence-corrected chi connectivity index (χ0v) is 11.3. The lowest BCUT2D eigenvalue weighted by atomic mass is 10.1. The smallest absolute Gasteiger partial charge is 0.150 e. The van der Waals surface area contributed by atoms with E-state index in [-0.39, 0.29) is 5.82 Å². The Balaban J connectivity index is 2.10. The minimum Gasteiger partial charge on any atom is -0.343 e. The molecule has 0 radical (unpaired) electrons. The van der Waals surface area contributed by atoms with E-state index in [1.165, 1.54) is 6.07 Å². The molecule has 0 N–H and O–H groups in total. The molecule has 0 atom stereocenters. The van der Waals surface area contributed by atoms with Crippen LogP contribution >= 0.6 is 11.6 Å². The lowest BCUT2D eigenvalue weighted by molar-refractivity contribution is 0.112. The van der Waals surface area contributed by atoms with Crippen LogP contribution < -0.4 is 0 Å². The molecule has 0 bridgehead atoms. The molecule has 1 heterocycles. The molecule has 0 unspecified atom stereocenters. The Morgan fingerprint density at radius 1 is 1.15 bits per heavy atom. The number of nitrogens with zero attached hydrogens (tertiary/aromatic N) is 1. The summed E-state index contributed by atoms with van der Waals surface area (Å²) in [6, 6.07) is 12.0. The van der Waals surface area contributed by atoms with Gasteiger partial charge in [-0.2, -0.15) is 0 Å². The third-order valence-electron chi connectivity index (χ3n) is 3.36. The zero-order chi connectivity index (χ0) is 14.1. The molecule has 4 heteroatoms. The summed E-state index contributed by atoms with van der Waals surface area (Å²) in [6.07, 6.45) is 2.66. The number of fused-ring (bicyclic) bond motifs is 1. The molecule has 0 saturated carbocycles. The number of aldehydes is 1. The van der Waals surface area contributed by atoms with Crippen LogP contribution in [0.4, 0.5) is 4.39 Å². The van der Waals surface area contributed by atoms with Gasteiger partial charge in [-0.15, -0.1) is 0 Å². The molecule has 0 aliphatic heterocycles. The predicted molar refractivity (Wildman–Crippen MR) is 77.8 cm³/mol.